The number of halogens is 1. The Labute approximate surface area is 153 Å². The van der Waals surface area contributed by atoms with Crippen molar-refractivity contribution in [3.8, 4) is 5.75 Å². The number of rotatable bonds is 7. The molecule has 9 heteroatoms. The molecule has 0 amide bonds. The lowest BCUT2D eigenvalue weighted by Crippen LogP contribution is -2.40. The van der Waals surface area contributed by atoms with Gasteiger partial charge in [0.25, 0.3) is 0 Å². The Balaban J connectivity index is 1.88. The molecule has 2 aromatic heterocycles. The second kappa shape index (κ2) is 7.20. The zero-order chi connectivity index (χ0) is 18.8. The van der Waals surface area contributed by atoms with Crippen molar-refractivity contribution in [1.82, 2.24) is 4.72 Å². The molecule has 0 bridgehead atoms. The number of thiophene rings is 1. The molecular weight excluding hydrogens is 381 g/mol. The van der Waals surface area contributed by atoms with Crippen LogP contribution in [0.25, 0.3) is 0 Å². The highest BCUT2D eigenvalue weighted by atomic mass is 32.2. The zero-order valence-corrected chi connectivity index (χ0v) is 15.3. The van der Waals surface area contributed by atoms with Gasteiger partial charge in [-0.1, -0.05) is 6.07 Å². The molecule has 138 valence electrons. The van der Waals surface area contributed by atoms with Gasteiger partial charge in [0.15, 0.2) is 17.2 Å². The number of ether oxygens (including phenoxy) is 1. The van der Waals surface area contributed by atoms with Crippen molar-refractivity contribution in [2.45, 2.75) is 10.5 Å². The summed E-state index contributed by atoms with van der Waals surface area (Å²) >= 11 is 1.26. The van der Waals surface area contributed by atoms with E-state index < -0.39 is 21.4 Å². The minimum Gasteiger partial charge on any atom is -0.494 e. The number of sulfonamides is 1. The van der Waals surface area contributed by atoms with Gasteiger partial charge in [0.1, 0.15) is 5.76 Å². The number of hydrogen-bond donors (Lipinski definition) is 2. The van der Waals surface area contributed by atoms with Crippen LogP contribution in [0.15, 0.2) is 63.4 Å². The van der Waals surface area contributed by atoms with Crippen LogP contribution in [-0.2, 0) is 15.6 Å². The van der Waals surface area contributed by atoms with Crippen LogP contribution in [-0.4, -0.2) is 27.2 Å². The van der Waals surface area contributed by atoms with Gasteiger partial charge < -0.3 is 14.3 Å². The van der Waals surface area contributed by atoms with E-state index in [-0.39, 0.29) is 22.9 Å². The fraction of sp³-hybridized carbons (Fsp3) is 0.176. The maximum absolute atomic E-state index is 13.8. The van der Waals surface area contributed by atoms with Gasteiger partial charge in [0.05, 0.1) is 24.8 Å². The van der Waals surface area contributed by atoms with Gasteiger partial charge in [-0.15, -0.1) is 11.3 Å². The van der Waals surface area contributed by atoms with Gasteiger partial charge in [-0.05, 0) is 41.8 Å². The van der Waals surface area contributed by atoms with Crippen LogP contribution in [0, 0.1) is 5.82 Å². The van der Waals surface area contributed by atoms with Crippen LogP contribution in [0.1, 0.15) is 10.6 Å². The van der Waals surface area contributed by atoms with Crippen LogP contribution >= 0.6 is 11.3 Å². The molecule has 0 spiro atoms. The Morgan fingerprint density at radius 1 is 1.31 bits per heavy atom. The molecule has 0 radical (unpaired) electrons. The maximum atomic E-state index is 13.8. The molecule has 1 atom stereocenters. The van der Waals surface area contributed by atoms with Crippen molar-refractivity contribution in [3.05, 3.63) is 70.6 Å². The summed E-state index contributed by atoms with van der Waals surface area (Å²) in [6, 6.07) is 9.87. The SMILES string of the molecule is COc1ccc(S(=O)(=O)NCC(O)(c2ccco2)c2cccs2)cc1F. The minimum atomic E-state index is -4.07. The van der Waals surface area contributed by atoms with E-state index >= 15 is 0 Å². The fourth-order valence-electron chi connectivity index (χ4n) is 2.42. The first-order chi connectivity index (χ1) is 12.4. The molecule has 1 aromatic carbocycles. The van der Waals surface area contributed by atoms with E-state index in [4.69, 9.17) is 9.15 Å². The molecule has 3 rings (SSSR count). The standard InChI is InChI=1S/C17H16FNO5S2/c1-23-14-7-6-12(10-13(14)18)26(21,22)19-11-17(20,15-4-2-8-24-15)16-5-3-9-25-16/h2-10,19-20H,11H2,1H3. The molecule has 6 nitrogen and oxygen atoms in total. The molecule has 2 N–H and O–H groups in total. The summed E-state index contributed by atoms with van der Waals surface area (Å²) in [5.41, 5.74) is -1.68. The van der Waals surface area contributed by atoms with Crippen LogP contribution in [0.4, 0.5) is 4.39 Å². The van der Waals surface area contributed by atoms with E-state index in [1.165, 1.54) is 36.8 Å². The second-order valence-electron chi connectivity index (χ2n) is 5.44. The Morgan fingerprint density at radius 3 is 2.69 bits per heavy atom. The molecule has 0 saturated carbocycles. The summed E-state index contributed by atoms with van der Waals surface area (Å²) in [6.45, 7) is -0.378. The summed E-state index contributed by atoms with van der Waals surface area (Å²) in [7, 11) is -2.78. The monoisotopic (exact) mass is 397 g/mol. The van der Waals surface area contributed by atoms with E-state index in [0.29, 0.717) is 4.88 Å². The molecular formula is C17H16FNO5S2. The van der Waals surface area contributed by atoms with E-state index in [9.17, 15) is 17.9 Å². The van der Waals surface area contributed by atoms with Gasteiger partial charge in [-0.25, -0.2) is 17.5 Å². The molecule has 0 fully saturated rings. The molecule has 1 unspecified atom stereocenters. The largest absolute Gasteiger partial charge is 0.494 e. The number of methoxy groups -OCH3 is 1. The number of benzene rings is 1. The average molecular weight is 397 g/mol. The first-order valence-electron chi connectivity index (χ1n) is 7.50. The Bertz CT molecular complexity index is 935. The van der Waals surface area contributed by atoms with Gasteiger partial charge in [0, 0.05) is 4.88 Å². The Hall–Kier alpha value is -2.20. The van der Waals surface area contributed by atoms with Gasteiger partial charge >= 0.3 is 0 Å². The van der Waals surface area contributed by atoms with Crippen molar-refractivity contribution in [3.63, 3.8) is 0 Å². The molecule has 2 heterocycles. The average Bonchev–Trinajstić information content (AvgIpc) is 3.33. The molecule has 3 aromatic rings. The first-order valence-corrected chi connectivity index (χ1v) is 9.86. The summed E-state index contributed by atoms with van der Waals surface area (Å²) in [5, 5.41) is 12.8. The van der Waals surface area contributed by atoms with E-state index in [1.807, 2.05) is 0 Å². The van der Waals surface area contributed by atoms with Gasteiger partial charge in [0.2, 0.25) is 10.0 Å². The quantitative estimate of drug-likeness (QED) is 0.640. The fourth-order valence-corrected chi connectivity index (χ4v) is 4.32. The number of aliphatic hydroxyl groups is 1. The lowest BCUT2D eigenvalue weighted by molar-refractivity contribution is 0.0655. The second-order valence-corrected chi connectivity index (χ2v) is 8.15. The van der Waals surface area contributed by atoms with Crippen molar-refractivity contribution in [1.29, 1.82) is 0 Å². The van der Waals surface area contributed by atoms with Crippen LogP contribution < -0.4 is 9.46 Å². The van der Waals surface area contributed by atoms with Crippen LogP contribution in [0.3, 0.4) is 0 Å². The number of hydrogen-bond acceptors (Lipinski definition) is 6. The lowest BCUT2D eigenvalue weighted by atomic mass is 9.99. The van der Waals surface area contributed by atoms with Crippen molar-refractivity contribution in [2.24, 2.45) is 0 Å². The topological polar surface area (TPSA) is 88.8 Å². The molecule has 0 aliphatic rings. The van der Waals surface area contributed by atoms with E-state index in [1.54, 1.807) is 29.6 Å². The normalized spacial score (nSPS) is 14.1. The third kappa shape index (κ3) is 3.51. The van der Waals surface area contributed by atoms with Crippen molar-refractivity contribution < 1.29 is 27.1 Å². The summed E-state index contributed by atoms with van der Waals surface area (Å²) in [6.07, 6.45) is 1.39. The van der Waals surface area contributed by atoms with Crippen molar-refractivity contribution in [2.75, 3.05) is 13.7 Å². The number of nitrogens with one attached hydrogen (secondary N) is 1. The minimum absolute atomic E-state index is 0.0605. The summed E-state index contributed by atoms with van der Waals surface area (Å²) in [5.74, 6) is -0.659. The highest BCUT2D eigenvalue weighted by molar-refractivity contribution is 7.89. The van der Waals surface area contributed by atoms with Gasteiger partial charge in [-0.3, -0.25) is 0 Å². The molecule has 26 heavy (non-hydrogen) atoms. The van der Waals surface area contributed by atoms with Crippen molar-refractivity contribution >= 4 is 21.4 Å². The van der Waals surface area contributed by atoms with Crippen LogP contribution in [0.5, 0.6) is 5.75 Å². The predicted octanol–water partition coefficient (Wildman–Crippen LogP) is 2.70. The highest BCUT2D eigenvalue weighted by Crippen LogP contribution is 2.33. The highest BCUT2D eigenvalue weighted by Gasteiger charge is 2.37. The third-order valence-corrected chi connectivity index (χ3v) is 6.23. The summed E-state index contributed by atoms with van der Waals surface area (Å²) in [4.78, 5) is 0.236. The smallest absolute Gasteiger partial charge is 0.240 e. The third-order valence-electron chi connectivity index (χ3n) is 3.81. The van der Waals surface area contributed by atoms with E-state index in [2.05, 4.69) is 4.72 Å². The van der Waals surface area contributed by atoms with Crippen LogP contribution in [0.2, 0.25) is 0 Å². The predicted molar refractivity (Wildman–Crippen MR) is 94.2 cm³/mol. The Morgan fingerprint density at radius 2 is 2.12 bits per heavy atom. The number of furan rings is 1. The lowest BCUT2D eigenvalue weighted by Gasteiger charge is -2.25. The molecule has 0 saturated heterocycles. The maximum Gasteiger partial charge on any atom is 0.240 e. The van der Waals surface area contributed by atoms with E-state index in [0.717, 1.165) is 6.07 Å². The van der Waals surface area contributed by atoms with Gasteiger partial charge in [-0.2, -0.15) is 0 Å². The summed E-state index contributed by atoms with van der Waals surface area (Å²) < 4.78 is 51.2. The zero-order valence-electron chi connectivity index (χ0n) is 13.7. The molecule has 0 aliphatic carbocycles. The Kier molecular flexibility index (Phi) is 5.15. The first kappa shape index (κ1) is 18.6. The molecule has 0 aliphatic heterocycles.